The van der Waals surface area contributed by atoms with Gasteiger partial charge in [0.25, 0.3) is 0 Å². The summed E-state index contributed by atoms with van der Waals surface area (Å²) in [4.78, 5) is 4.23. The van der Waals surface area contributed by atoms with Crippen molar-refractivity contribution in [2.75, 3.05) is 12.4 Å². The van der Waals surface area contributed by atoms with E-state index in [1.54, 1.807) is 29.6 Å². The van der Waals surface area contributed by atoms with Gasteiger partial charge in [0.2, 0.25) is 0 Å². The number of ether oxygens (including phenoxy) is 1. The number of alkyl halides is 6. The van der Waals surface area contributed by atoms with Crippen LogP contribution in [0.5, 0.6) is 5.75 Å². The minimum atomic E-state index is -4.91. The molecule has 0 atom stereocenters. The van der Waals surface area contributed by atoms with E-state index in [4.69, 9.17) is 4.74 Å². The van der Waals surface area contributed by atoms with Crippen LogP contribution in [0.15, 0.2) is 47.8 Å². The van der Waals surface area contributed by atoms with Gasteiger partial charge in [0, 0.05) is 16.6 Å². The Bertz CT molecular complexity index is 948. The molecule has 1 N–H and O–H groups in total. The zero-order valence-electron chi connectivity index (χ0n) is 14.2. The Morgan fingerprint density at radius 1 is 0.929 bits per heavy atom. The number of nitrogens with zero attached hydrogens (tertiary/aromatic N) is 1. The molecule has 0 aliphatic heterocycles. The first-order chi connectivity index (χ1) is 13.1. The Morgan fingerprint density at radius 2 is 1.54 bits per heavy atom. The minimum absolute atomic E-state index is 0.0767. The molecule has 1 aromatic heterocycles. The number of para-hydroxylation sites is 1. The van der Waals surface area contributed by atoms with Crippen molar-refractivity contribution in [3.05, 3.63) is 59.0 Å². The Balaban J connectivity index is 1.95. The van der Waals surface area contributed by atoms with E-state index in [0.29, 0.717) is 29.1 Å². The first kappa shape index (κ1) is 20.0. The zero-order chi connectivity index (χ0) is 20.5. The molecule has 0 unspecified atom stereocenters. The van der Waals surface area contributed by atoms with Crippen LogP contribution in [0.3, 0.4) is 0 Å². The molecule has 0 radical (unpaired) electrons. The molecule has 0 saturated heterocycles. The Kier molecular flexibility index (Phi) is 5.24. The van der Waals surface area contributed by atoms with Crippen molar-refractivity contribution in [1.29, 1.82) is 0 Å². The Labute approximate surface area is 159 Å². The number of nitrogens with one attached hydrogen (secondary N) is 1. The van der Waals surface area contributed by atoms with Gasteiger partial charge in [-0.1, -0.05) is 12.1 Å². The third-order valence-electron chi connectivity index (χ3n) is 3.73. The highest BCUT2D eigenvalue weighted by molar-refractivity contribution is 7.14. The normalized spacial score (nSPS) is 12.1. The number of benzene rings is 2. The van der Waals surface area contributed by atoms with Gasteiger partial charge in [-0.2, -0.15) is 26.3 Å². The number of aromatic nitrogens is 1. The van der Waals surface area contributed by atoms with Crippen LogP contribution in [-0.2, 0) is 12.4 Å². The molecule has 0 fully saturated rings. The molecule has 148 valence electrons. The van der Waals surface area contributed by atoms with E-state index in [1.165, 1.54) is 7.11 Å². The summed E-state index contributed by atoms with van der Waals surface area (Å²) in [5.41, 5.74) is -2.02. The second-order valence-corrected chi connectivity index (χ2v) is 6.52. The maximum absolute atomic E-state index is 13.0. The molecule has 0 amide bonds. The zero-order valence-corrected chi connectivity index (χ0v) is 15.0. The summed E-state index contributed by atoms with van der Waals surface area (Å²) in [6.45, 7) is 0. The first-order valence-electron chi connectivity index (χ1n) is 7.73. The van der Waals surface area contributed by atoms with E-state index in [2.05, 4.69) is 10.3 Å². The molecule has 0 aliphatic rings. The molecule has 10 heteroatoms. The van der Waals surface area contributed by atoms with Crippen LogP contribution in [0.2, 0.25) is 0 Å². The molecule has 3 nitrogen and oxygen atoms in total. The smallest absolute Gasteiger partial charge is 0.416 e. The molecule has 2 aromatic carbocycles. The quantitative estimate of drug-likeness (QED) is 0.485. The lowest BCUT2D eigenvalue weighted by molar-refractivity contribution is -0.143. The molecule has 3 rings (SSSR count). The van der Waals surface area contributed by atoms with Gasteiger partial charge in [0.05, 0.1) is 23.9 Å². The monoisotopic (exact) mass is 418 g/mol. The minimum Gasteiger partial charge on any atom is -0.496 e. The highest BCUT2D eigenvalue weighted by Crippen LogP contribution is 2.39. The lowest BCUT2D eigenvalue weighted by Crippen LogP contribution is -2.11. The predicted octanol–water partition coefficient (Wildman–Crippen LogP) is 6.60. The highest BCUT2D eigenvalue weighted by Gasteiger charge is 2.37. The number of anilines is 2. The fraction of sp³-hybridized carbons (Fsp3) is 0.167. The SMILES string of the molecule is COc1ccccc1-c1csc(Nc2cc(C(F)(F)F)cc(C(F)(F)F)c2)n1. The fourth-order valence-electron chi connectivity index (χ4n) is 2.46. The molecule has 0 spiro atoms. The molecule has 0 saturated carbocycles. The summed E-state index contributed by atoms with van der Waals surface area (Å²) in [7, 11) is 1.48. The number of hydrogen-bond donors (Lipinski definition) is 1. The summed E-state index contributed by atoms with van der Waals surface area (Å²) < 4.78 is 83.0. The van der Waals surface area contributed by atoms with E-state index in [0.717, 1.165) is 11.3 Å². The van der Waals surface area contributed by atoms with E-state index >= 15 is 0 Å². The Morgan fingerprint density at radius 3 is 2.11 bits per heavy atom. The maximum atomic E-state index is 13.0. The summed E-state index contributed by atoms with van der Waals surface area (Å²) in [5.74, 6) is 0.540. The number of hydrogen-bond acceptors (Lipinski definition) is 4. The average molecular weight is 418 g/mol. The van der Waals surface area contributed by atoms with E-state index in [9.17, 15) is 26.3 Å². The maximum Gasteiger partial charge on any atom is 0.416 e. The number of thiazole rings is 1. The van der Waals surface area contributed by atoms with Crippen molar-refractivity contribution in [3.63, 3.8) is 0 Å². The van der Waals surface area contributed by atoms with E-state index in [1.807, 2.05) is 0 Å². The Hall–Kier alpha value is -2.75. The largest absolute Gasteiger partial charge is 0.496 e. The molecule has 0 bridgehead atoms. The molecule has 0 aliphatic carbocycles. The molecule has 1 heterocycles. The van der Waals surface area contributed by atoms with Crippen molar-refractivity contribution < 1.29 is 31.1 Å². The highest BCUT2D eigenvalue weighted by atomic mass is 32.1. The third kappa shape index (κ3) is 4.38. The van der Waals surface area contributed by atoms with Crippen LogP contribution in [0.25, 0.3) is 11.3 Å². The summed E-state index contributed by atoms with van der Waals surface area (Å²) >= 11 is 1.04. The van der Waals surface area contributed by atoms with Gasteiger partial charge < -0.3 is 10.1 Å². The van der Waals surface area contributed by atoms with Crippen LogP contribution in [0.1, 0.15) is 11.1 Å². The summed E-state index contributed by atoms with van der Waals surface area (Å²) in [6, 6.07) is 8.27. The standard InChI is InChI=1S/C18H12F6N2OS/c1-27-15-5-3-2-4-13(15)14-9-28-16(26-14)25-12-7-10(17(19,20)21)6-11(8-12)18(22,23)24/h2-9H,1H3,(H,25,26). The summed E-state index contributed by atoms with van der Waals surface area (Å²) in [6.07, 6.45) is -9.83. The second kappa shape index (κ2) is 7.34. The summed E-state index contributed by atoms with van der Waals surface area (Å²) in [5, 5.41) is 4.29. The van der Waals surface area contributed by atoms with Crippen molar-refractivity contribution in [3.8, 4) is 17.0 Å². The lowest BCUT2D eigenvalue weighted by Gasteiger charge is -2.14. The second-order valence-electron chi connectivity index (χ2n) is 5.66. The van der Waals surface area contributed by atoms with E-state index < -0.39 is 23.5 Å². The van der Waals surface area contributed by atoms with Gasteiger partial charge in [0.15, 0.2) is 5.13 Å². The van der Waals surface area contributed by atoms with Gasteiger partial charge in [-0.05, 0) is 30.3 Å². The molecular weight excluding hydrogens is 406 g/mol. The number of methoxy groups -OCH3 is 1. The van der Waals surface area contributed by atoms with Crippen LogP contribution < -0.4 is 10.1 Å². The van der Waals surface area contributed by atoms with Crippen molar-refractivity contribution in [2.45, 2.75) is 12.4 Å². The van der Waals surface area contributed by atoms with Gasteiger partial charge in [-0.15, -0.1) is 11.3 Å². The van der Waals surface area contributed by atoms with Gasteiger partial charge >= 0.3 is 12.4 Å². The van der Waals surface area contributed by atoms with Crippen LogP contribution >= 0.6 is 11.3 Å². The van der Waals surface area contributed by atoms with Gasteiger partial charge in [-0.25, -0.2) is 4.98 Å². The topological polar surface area (TPSA) is 34.1 Å². The first-order valence-corrected chi connectivity index (χ1v) is 8.61. The van der Waals surface area contributed by atoms with Crippen LogP contribution in [-0.4, -0.2) is 12.1 Å². The predicted molar refractivity (Wildman–Crippen MR) is 93.8 cm³/mol. The molecular formula is C18H12F6N2OS. The van der Waals surface area contributed by atoms with Crippen molar-refractivity contribution in [2.24, 2.45) is 0 Å². The average Bonchev–Trinajstić information content (AvgIpc) is 3.08. The number of rotatable bonds is 4. The van der Waals surface area contributed by atoms with Crippen LogP contribution in [0, 0.1) is 0 Å². The van der Waals surface area contributed by atoms with Crippen molar-refractivity contribution >= 4 is 22.2 Å². The van der Waals surface area contributed by atoms with Gasteiger partial charge in [-0.3, -0.25) is 0 Å². The third-order valence-corrected chi connectivity index (χ3v) is 4.48. The lowest BCUT2D eigenvalue weighted by atomic mass is 10.1. The number of halogens is 6. The van der Waals surface area contributed by atoms with Crippen LogP contribution in [0.4, 0.5) is 37.2 Å². The van der Waals surface area contributed by atoms with Gasteiger partial charge in [0.1, 0.15) is 5.75 Å². The fourth-order valence-corrected chi connectivity index (χ4v) is 3.19. The van der Waals surface area contributed by atoms with E-state index in [-0.39, 0.29) is 16.9 Å². The van der Waals surface area contributed by atoms with Crippen molar-refractivity contribution in [1.82, 2.24) is 4.98 Å². The molecule has 3 aromatic rings. The molecule has 28 heavy (non-hydrogen) atoms.